The summed E-state index contributed by atoms with van der Waals surface area (Å²) >= 11 is 0. The standard InChI is InChI=1S/C16H29N3/c17-11-16(12-18-7-5-15(16)6-8-18)19(9-13-1-2-13)10-14-3-4-14/h13-15H,1-12,17H2. The molecule has 0 radical (unpaired) electrons. The number of rotatable bonds is 6. The molecule has 5 rings (SSSR count). The van der Waals surface area contributed by atoms with Crippen molar-refractivity contribution in [2.75, 3.05) is 39.3 Å². The molecule has 1 unspecified atom stereocenters. The lowest BCUT2D eigenvalue weighted by molar-refractivity contribution is -0.0709. The van der Waals surface area contributed by atoms with E-state index in [1.54, 1.807) is 0 Å². The Morgan fingerprint density at radius 1 is 0.947 bits per heavy atom. The van der Waals surface area contributed by atoms with Gasteiger partial charge in [0, 0.05) is 31.7 Å². The summed E-state index contributed by atoms with van der Waals surface area (Å²) in [6.45, 7) is 7.48. The molecule has 2 aliphatic carbocycles. The van der Waals surface area contributed by atoms with E-state index in [0.29, 0.717) is 5.54 Å². The molecule has 0 amide bonds. The Hall–Kier alpha value is -0.120. The number of nitrogens with two attached hydrogens (primary N) is 1. The van der Waals surface area contributed by atoms with Crippen molar-refractivity contribution in [1.82, 2.24) is 9.80 Å². The van der Waals surface area contributed by atoms with Crippen molar-refractivity contribution >= 4 is 0 Å². The molecule has 19 heavy (non-hydrogen) atoms. The highest BCUT2D eigenvalue weighted by Gasteiger charge is 2.51. The van der Waals surface area contributed by atoms with Crippen LogP contribution in [0.1, 0.15) is 38.5 Å². The van der Waals surface area contributed by atoms with E-state index >= 15 is 0 Å². The zero-order chi connectivity index (χ0) is 12.9. The summed E-state index contributed by atoms with van der Waals surface area (Å²) in [5, 5.41) is 0. The molecule has 0 aromatic heterocycles. The second kappa shape index (κ2) is 4.71. The topological polar surface area (TPSA) is 32.5 Å². The van der Waals surface area contributed by atoms with Gasteiger partial charge in [0.1, 0.15) is 0 Å². The maximum absolute atomic E-state index is 6.35. The molecule has 2 saturated carbocycles. The van der Waals surface area contributed by atoms with E-state index in [1.165, 1.54) is 71.2 Å². The van der Waals surface area contributed by atoms with Gasteiger partial charge < -0.3 is 10.6 Å². The van der Waals surface area contributed by atoms with Gasteiger partial charge in [-0.05, 0) is 69.4 Å². The average molecular weight is 263 g/mol. The molecule has 5 fully saturated rings. The van der Waals surface area contributed by atoms with Gasteiger partial charge >= 0.3 is 0 Å². The fourth-order valence-electron chi connectivity index (χ4n) is 4.53. The van der Waals surface area contributed by atoms with Crippen LogP contribution in [0, 0.1) is 17.8 Å². The minimum absolute atomic E-state index is 0.335. The Bertz CT molecular complexity index is 315. The molecule has 0 spiro atoms. The van der Waals surface area contributed by atoms with E-state index in [1.807, 2.05) is 0 Å². The summed E-state index contributed by atoms with van der Waals surface area (Å²) in [5.41, 5.74) is 6.68. The van der Waals surface area contributed by atoms with Gasteiger partial charge in [-0.1, -0.05) is 0 Å². The van der Waals surface area contributed by atoms with Crippen molar-refractivity contribution in [3.05, 3.63) is 0 Å². The van der Waals surface area contributed by atoms with Crippen LogP contribution in [0.25, 0.3) is 0 Å². The maximum atomic E-state index is 6.35. The molecule has 5 aliphatic rings. The fraction of sp³-hybridized carbons (Fsp3) is 1.00. The van der Waals surface area contributed by atoms with Crippen molar-refractivity contribution in [3.63, 3.8) is 0 Å². The van der Waals surface area contributed by atoms with Gasteiger partial charge in [0.2, 0.25) is 0 Å². The van der Waals surface area contributed by atoms with E-state index < -0.39 is 0 Å². The van der Waals surface area contributed by atoms with Crippen LogP contribution in [0.3, 0.4) is 0 Å². The number of hydrogen-bond donors (Lipinski definition) is 1. The smallest absolute Gasteiger partial charge is 0.0487 e. The summed E-state index contributed by atoms with van der Waals surface area (Å²) in [5.74, 6) is 2.87. The minimum atomic E-state index is 0.335. The third kappa shape index (κ3) is 2.34. The lowest BCUT2D eigenvalue weighted by atomic mass is 9.71. The largest absolute Gasteiger partial charge is 0.329 e. The third-order valence-corrected chi connectivity index (χ3v) is 6.18. The molecule has 1 atom stereocenters. The number of piperidine rings is 3. The summed E-state index contributed by atoms with van der Waals surface area (Å²) < 4.78 is 0. The van der Waals surface area contributed by atoms with E-state index in [2.05, 4.69) is 9.80 Å². The molecule has 3 heterocycles. The second-order valence-corrected chi connectivity index (χ2v) is 7.65. The first-order chi connectivity index (χ1) is 9.30. The van der Waals surface area contributed by atoms with Crippen LogP contribution in [-0.2, 0) is 0 Å². The predicted molar refractivity (Wildman–Crippen MR) is 78.0 cm³/mol. The Labute approximate surface area is 117 Å². The molecule has 0 aromatic carbocycles. The Balaban J connectivity index is 1.55. The quantitative estimate of drug-likeness (QED) is 0.789. The van der Waals surface area contributed by atoms with Gasteiger partial charge in [-0.15, -0.1) is 0 Å². The van der Waals surface area contributed by atoms with Gasteiger partial charge in [-0.2, -0.15) is 0 Å². The second-order valence-electron chi connectivity index (χ2n) is 7.65. The van der Waals surface area contributed by atoms with Crippen LogP contribution in [0.5, 0.6) is 0 Å². The summed E-state index contributed by atoms with van der Waals surface area (Å²) in [6.07, 6.45) is 8.66. The molecule has 0 aromatic rings. The number of fused-ring (bicyclic) bond motifs is 3. The molecule has 3 nitrogen and oxygen atoms in total. The van der Waals surface area contributed by atoms with Crippen LogP contribution in [-0.4, -0.2) is 54.6 Å². The van der Waals surface area contributed by atoms with Crippen molar-refractivity contribution in [2.45, 2.75) is 44.1 Å². The van der Waals surface area contributed by atoms with Crippen molar-refractivity contribution < 1.29 is 0 Å². The molecule has 3 aliphatic heterocycles. The van der Waals surface area contributed by atoms with Gasteiger partial charge in [0.25, 0.3) is 0 Å². The molecule has 3 saturated heterocycles. The van der Waals surface area contributed by atoms with Crippen LogP contribution in [0.4, 0.5) is 0 Å². The Morgan fingerprint density at radius 3 is 1.89 bits per heavy atom. The first kappa shape index (κ1) is 12.6. The summed E-state index contributed by atoms with van der Waals surface area (Å²) in [7, 11) is 0. The highest BCUT2D eigenvalue weighted by molar-refractivity contribution is 5.07. The van der Waals surface area contributed by atoms with Gasteiger partial charge in [0.15, 0.2) is 0 Å². The van der Waals surface area contributed by atoms with Crippen molar-refractivity contribution in [1.29, 1.82) is 0 Å². The normalized spacial score (nSPS) is 42.0. The molecule has 2 N–H and O–H groups in total. The Morgan fingerprint density at radius 2 is 1.53 bits per heavy atom. The number of nitrogens with zero attached hydrogens (tertiary/aromatic N) is 2. The molecule has 3 heteroatoms. The van der Waals surface area contributed by atoms with Crippen molar-refractivity contribution in [3.8, 4) is 0 Å². The van der Waals surface area contributed by atoms with Crippen LogP contribution in [0.2, 0.25) is 0 Å². The summed E-state index contributed by atoms with van der Waals surface area (Å²) in [6, 6.07) is 0. The molecule has 2 bridgehead atoms. The lowest BCUT2D eigenvalue weighted by Crippen LogP contribution is -2.70. The first-order valence-electron chi connectivity index (χ1n) is 8.47. The van der Waals surface area contributed by atoms with E-state index in [0.717, 1.165) is 24.3 Å². The minimum Gasteiger partial charge on any atom is -0.329 e. The van der Waals surface area contributed by atoms with E-state index in [4.69, 9.17) is 5.73 Å². The third-order valence-electron chi connectivity index (χ3n) is 6.18. The van der Waals surface area contributed by atoms with Crippen LogP contribution < -0.4 is 5.73 Å². The lowest BCUT2D eigenvalue weighted by Gasteiger charge is -2.58. The van der Waals surface area contributed by atoms with Crippen molar-refractivity contribution in [2.24, 2.45) is 23.5 Å². The van der Waals surface area contributed by atoms with Gasteiger partial charge in [0.05, 0.1) is 0 Å². The molecular formula is C16H29N3. The molecule has 108 valence electrons. The monoisotopic (exact) mass is 263 g/mol. The first-order valence-corrected chi connectivity index (χ1v) is 8.47. The van der Waals surface area contributed by atoms with Crippen LogP contribution in [0.15, 0.2) is 0 Å². The summed E-state index contributed by atoms with van der Waals surface area (Å²) in [4.78, 5) is 5.55. The van der Waals surface area contributed by atoms with E-state index in [-0.39, 0.29) is 0 Å². The van der Waals surface area contributed by atoms with Gasteiger partial charge in [-0.3, -0.25) is 4.90 Å². The zero-order valence-corrected chi connectivity index (χ0v) is 12.2. The maximum Gasteiger partial charge on any atom is 0.0487 e. The predicted octanol–water partition coefficient (Wildman–Crippen LogP) is 1.53. The Kier molecular flexibility index (Phi) is 3.13. The highest BCUT2D eigenvalue weighted by atomic mass is 15.3. The fourth-order valence-corrected chi connectivity index (χ4v) is 4.53. The number of hydrogen-bond acceptors (Lipinski definition) is 3. The zero-order valence-electron chi connectivity index (χ0n) is 12.2. The van der Waals surface area contributed by atoms with Crippen LogP contribution >= 0.6 is 0 Å². The SMILES string of the molecule is NCC1(N(CC2CC2)CC2CC2)CN2CCC1CC2. The molecular weight excluding hydrogens is 234 g/mol. The van der Waals surface area contributed by atoms with E-state index in [9.17, 15) is 0 Å². The highest BCUT2D eigenvalue weighted by Crippen LogP contribution is 2.43. The average Bonchev–Trinajstić information content (AvgIpc) is 3.34. The van der Waals surface area contributed by atoms with Gasteiger partial charge in [-0.25, -0.2) is 0 Å².